The van der Waals surface area contributed by atoms with Crippen molar-refractivity contribution in [2.45, 2.75) is 20.0 Å². The molecule has 0 atom stereocenters. The van der Waals surface area contributed by atoms with E-state index in [4.69, 9.17) is 11.6 Å². The summed E-state index contributed by atoms with van der Waals surface area (Å²) in [5, 5.41) is 9.05. The Hall–Kier alpha value is -3.18. The van der Waals surface area contributed by atoms with Crippen molar-refractivity contribution in [3.8, 4) is 11.1 Å². The van der Waals surface area contributed by atoms with E-state index in [1.807, 2.05) is 55.5 Å². The first-order valence-electron chi connectivity index (χ1n) is 9.01. The van der Waals surface area contributed by atoms with Crippen LogP contribution in [0.15, 0.2) is 66.9 Å². The van der Waals surface area contributed by atoms with Gasteiger partial charge in [-0.2, -0.15) is 5.10 Å². The summed E-state index contributed by atoms with van der Waals surface area (Å²) in [5.41, 5.74) is 4.59. The van der Waals surface area contributed by atoms with Gasteiger partial charge in [0.25, 0.3) is 0 Å². The van der Waals surface area contributed by atoms with Gasteiger partial charge in [0, 0.05) is 23.2 Å². The average Bonchev–Trinajstić information content (AvgIpc) is 3.03. The van der Waals surface area contributed by atoms with Gasteiger partial charge in [-0.25, -0.2) is 9.67 Å². The number of hydrogen-bond acceptors (Lipinski definition) is 3. The maximum Gasteiger partial charge on any atom is 0.242 e. The molecule has 0 aliphatic carbocycles. The lowest BCUT2D eigenvalue weighted by molar-refractivity contribution is -0.121. The molecule has 0 radical (unpaired) electrons. The van der Waals surface area contributed by atoms with Crippen LogP contribution in [0.2, 0.25) is 5.02 Å². The van der Waals surface area contributed by atoms with Crippen LogP contribution in [-0.2, 0) is 17.9 Å². The number of rotatable bonds is 5. The maximum atomic E-state index is 12.5. The molecule has 2 aromatic heterocycles. The van der Waals surface area contributed by atoms with Crippen molar-refractivity contribution in [3.63, 3.8) is 0 Å². The second-order valence-electron chi connectivity index (χ2n) is 6.53. The molecule has 0 saturated heterocycles. The number of nitrogens with zero attached hydrogens (tertiary/aromatic N) is 3. The third kappa shape index (κ3) is 3.62. The lowest BCUT2D eigenvalue weighted by atomic mass is 10.0. The molecular weight excluding hydrogens is 372 g/mol. The SMILES string of the molecule is Cc1nn(CC(=O)NCc2ccccc2Cl)c2nccc(-c3ccccc3)c12. The van der Waals surface area contributed by atoms with Crippen LogP contribution in [-0.4, -0.2) is 20.7 Å². The Labute approximate surface area is 168 Å². The Balaban J connectivity index is 1.58. The van der Waals surface area contributed by atoms with Crippen molar-refractivity contribution in [2.24, 2.45) is 0 Å². The summed E-state index contributed by atoms with van der Waals surface area (Å²) in [6.45, 7) is 2.41. The minimum absolute atomic E-state index is 0.0973. The van der Waals surface area contributed by atoms with Crippen LogP contribution >= 0.6 is 11.6 Å². The van der Waals surface area contributed by atoms with Crippen LogP contribution in [0.3, 0.4) is 0 Å². The zero-order valence-corrected chi connectivity index (χ0v) is 16.1. The van der Waals surface area contributed by atoms with Crippen molar-refractivity contribution >= 4 is 28.5 Å². The van der Waals surface area contributed by atoms with Gasteiger partial charge in [-0.05, 0) is 35.7 Å². The fourth-order valence-corrected chi connectivity index (χ4v) is 3.48. The number of aryl methyl sites for hydroxylation is 1. The standard InChI is InChI=1S/C22H19ClN4O/c1-15-21-18(16-7-3-2-4-8-16)11-12-24-22(21)27(26-15)14-20(28)25-13-17-9-5-6-10-19(17)23/h2-12H,13-14H2,1H3,(H,25,28). The lowest BCUT2D eigenvalue weighted by Crippen LogP contribution is -2.27. The van der Waals surface area contributed by atoms with Crippen molar-refractivity contribution in [2.75, 3.05) is 0 Å². The molecule has 0 aliphatic heterocycles. The van der Waals surface area contributed by atoms with E-state index in [0.29, 0.717) is 17.2 Å². The zero-order valence-electron chi connectivity index (χ0n) is 15.4. The van der Waals surface area contributed by atoms with E-state index in [-0.39, 0.29) is 12.5 Å². The summed E-state index contributed by atoms with van der Waals surface area (Å²) in [6, 6.07) is 19.5. The molecule has 5 nitrogen and oxygen atoms in total. The fraction of sp³-hybridized carbons (Fsp3) is 0.136. The van der Waals surface area contributed by atoms with E-state index in [1.165, 1.54) is 0 Å². The van der Waals surface area contributed by atoms with Gasteiger partial charge in [-0.1, -0.05) is 60.1 Å². The van der Waals surface area contributed by atoms with Gasteiger partial charge in [-0.15, -0.1) is 0 Å². The largest absolute Gasteiger partial charge is 0.350 e. The number of halogens is 1. The lowest BCUT2D eigenvalue weighted by Gasteiger charge is -2.08. The molecule has 0 fully saturated rings. The number of nitrogens with one attached hydrogen (secondary N) is 1. The highest BCUT2D eigenvalue weighted by molar-refractivity contribution is 6.31. The molecule has 1 amide bonds. The number of hydrogen-bond donors (Lipinski definition) is 1. The van der Waals surface area contributed by atoms with Crippen molar-refractivity contribution in [3.05, 3.63) is 83.1 Å². The molecule has 0 spiro atoms. The third-order valence-corrected chi connectivity index (χ3v) is 4.99. The second-order valence-corrected chi connectivity index (χ2v) is 6.94. The monoisotopic (exact) mass is 390 g/mol. The van der Waals surface area contributed by atoms with Crippen LogP contribution in [0.1, 0.15) is 11.3 Å². The highest BCUT2D eigenvalue weighted by Crippen LogP contribution is 2.29. The van der Waals surface area contributed by atoms with E-state index in [1.54, 1.807) is 10.9 Å². The molecule has 6 heteroatoms. The zero-order chi connectivity index (χ0) is 19.5. The number of amides is 1. The van der Waals surface area contributed by atoms with E-state index in [2.05, 4.69) is 27.5 Å². The topological polar surface area (TPSA) is 59.8 Å². The summed E-state index contributed by atoms with van der Waals surface area (Å²) in [4.78, 5) is 16.9. The first-order chi connectivity index (χ1) is 13.6. The van der Waals surface area contributed by atoms with Crippen LogP contribution in [0.5, 0.6) is 0 Å². The highest BCUT2D eigenvalue weighted by atomic mass is 35.5. The quantitative estimate of drug-likeness (QED) is 0.550. The highest BCUT2D eigenvalue weighted by Gasteiger charge is 2.15. The number of fused-ring (bicyclic) bond motifs is 1. The predicted molar refractivity (Wildman–Crippen MR) is 111 cm³/mol. The van der Waals surface area contributed by atoms with E-state index in [0.717, 1.165) is 27.8 Å². The number of carbonyl (C=O) groups excluding carboxylic acids is 1. The van der Waals surface area contributed by atoms with Crippen LogP contribution < -0.4 is 5.32 Å². The summed E-state index contributed by atoms with van der Waals surface area (Å²) in [7, 11) is 0. The van der Waals surface area contributed by atoms with Gasteiger partial charge in [0.15, 0.2) is 5.65 Å². The maximum absolute atomic E-state index is 12.5. The van der Waals surface area contributed by atoms with Gasteiger partial charge < -0.3 is 5.32 Å². The smallest absolute Gasteiger partial charge is 0.242 e. The fourth-order valence-electron chi connectivity index (χ4n) is 3.28. The normalized spacial score (nSPS) is 10.9. The van der Waals surface area contributed by atoms with Gasteiger partial charge >= 0.3 is 0 Å². The van der Waals surface area contributed by atoms with Gasteiger partial charge in [0.05, 0.1) is 5.69 Å². The molecule has 0 bridgehead atoms. The summed E-state index contributed by atoms with van der Waals surface area (Å²) in [6.07, 6.45) is 1.75. The Bertz CT molecular complexity index is 1140. The van der Waals surface area contributed by atoms with Gasteiger partial charge in [-0.3, -0.25) is 4.79 Å². The predicted octanol–water partition coefficient (Wildman–Crippen LogP) is 4.38. The van der Waals surface area contributed by atoms with Crippen LogP contribution in [0.25, 0.3) is 22.2 Å². The van der Waals surface area contributed by atoms with Crippen LogP contribution in [0, 0.1) is 6.92 Å². The molecule has 140 valence electrons. The number of benzene rings is 2. The Kier molecular flexibility index (Phi) is 5.08. The number of carbonyl (C=O) groups is 1. The first kappa shape index (κ1) is 18.2. The minimum Gasteiger partial charge on any atom is -0.350 e. The molecule has 2 heterocycles. The van der Waals surface area contributed by atoms with E-state index < -0.39 is 0 Å². The second kappa shape index (κ2) is 7.82. The third-order valence-electron chi connectivity index (χ3n) is 4.62. The molecule has 0 saturated carbocycles. The Morgan fingerprint density at radius 3 is 2.61 bits per heavy atom. The summed E-state index contributed by atoms with van der Waals surface area (Å²) in [5.74, 6) is -0.142. The molecule has 2 aromatic carbocycles. The van der Waals surface area contributed by atoms with Crippen molar-refractivity contribution < 1.29 is 4.79 Å². The molecular formula is C22H19ClN4O. The summed E-state index contributed by atoms with van der Waals surface area (Å²) < 4.78 is 1.65. The molecule has 4 rings (SSSR count). The van der Waals surface area contributed by atoms with Crippen molar-refractivity contribution in [1.29, 1.82) is 0 Å². The molecule has 28 heavy (non-hydrogen) atoms. The van der Waals surface area contributed by atoms with Gasteiger partial charge in [0.2, 0.25) is 5.91 Å². The number of aromatic nitrogens is 3. The van der Waals surface area contributed by atoms with Crippen molar-refractivity contribution in [1.82, 2.24) is 20.1 Å². The Morgan fingerprint density at radius 1 is 1.07 bits per heavy atom. The van der Waals surface area contributed by atoms with E-state index >= 15 is 0 Å². The summed E-state index contributed by atoms with van der Waals surface area (Å²) >= 11 is 6.15. The minimum atomic E-state index is -0.142. The van der Waals surface area contributed by atoms with E-state index in [9.17, 15) is 4.79 Å². The Morgan fingerprint density at radius 2 is 1.82 bits per heavy atom. The molecule has 0 aliphatic rings. The average molecular weight is 391 g/mol. The van der Waals surface area contributed by atoms with Gasteiger partial charge in [0.1, 0.15) is 6.54 Å². The van der Waals surface area contributed by atoms with Crippen LogP contribution in [0.4, 0.5) is 0 Å². The first-order valence-corrected chi connectivity index (χ1v) is 9.39. The molecule has 1 N–H and O–H groups in total. The number of pyridine rings is 1. The molecule has 0 unspecified atom stereocenters. The molecule has 4 aromatic rings.